The lowest BCUT2D eigenvalue weighted by Crippen LogP contribution is -2.53. The van der Waals surface area contributed by atoms with E-state index < -0.39 is 33.8 Å². The van der Waals surface area contributed by atoms with Gasteiger partial charge in [-0.25, -0.2) is 13.4 Å². The van der Waals surface area contributed by atoms with Crippen molar-refractivity contribution >= 4 is 27.7 Å². The lowest BCUT2D eigenvalue weighted by Gasteiger charge is -2.37. The zero-order valence-electron chi connectivity index (χ0n) is 12.1. The number of carbonyl (C=O) groups excluding carboxylic acids is 2. The molecule has 2 rings (SSSR count). The fourth-order valence-electron chi connectivity index (χ4n) is 2.54. The van der Waals surface area contributed by atoms with E-state index in [0.717, 1.165) is 6.26 Å². The Kier molecular flexibility index (Phi) is 4.65. The third-order valence-electron chi connectivity index (χ3n) is 3.53. The highest BCUT2D eigenvalue weighted by Gasteiger charge is 2.36. The van der Waals surface area contributed by atoms with Crippen LogP contribution in [0.2, 0.25) is 0 Å². The number of rotatable bonds is 4. The molecule has 1 aliphatic heterocycles. The maximum atomic E-state index is 11.9. The van der Waals surface area contributed by atoms with E-state index in [-0.39, 0.29) is 6.42 Å². The van der Waals surface area contributed by atoms with Crippen LogP contribution in [0, 0.1) is 5.92 Å². The summed E-state index contributed by atoms with van der Waals surface area (Å²) in [5.41, 5.74) is 5.43. The molecule has 0 spiro atoms. The van der Waals surface area contributed by atoms with Gasteiger partial charge in [0, 0.05) is 18.7 Å². The number of piperidine rings is 1. The highest BCUT2D eigenvalue weighted by atomic mass is 32.2. The molecule has 1 saturated heterocycles. The molecule has 0 aromatic carbocycles. The molecule has 1 aromatic rings. The van der Waals surface area contributed by atoms with Crippen LogP contribution >= 0.6 is 0 Å². The van der Waals surface area contributed by atoms with E-state index in [9.17, 15) is 18.0 Å². The molecule has 0 radical (unpaired) electrons. The number of nitrogens with zero attached hydrogens (tertiary/aromatic N) is 2. The van der Waals surface area contributed by atoms with Crippen molar-refractivity contribution in [1.29, 1.82) is 0 Å². The predicted octanol–water partition coefficient (Wildman–Crippen LogP) is -0.772. The number of nitrogens with one attached hydrogen (secondary N) is 1. The van der Waals surface area contributed by atoms with Crippen molar-refractivity contribution in [1.82, 2.24) is 9.71 Å². The minimum absolute atomic E-state index is 0.160. The summed E-state index contributed by atoms with van der Waals surface area (Å²) in [5.74, 6) is -1.14. The molecule has 2 amide bonds. The summed E-state index contributed by atoms with van der Waals surface area (Å²) >= 11 is 0. The molecule has 0 aliphatic carbocycles. The largest absolute Gasteiger partial charge is 0.368 e. The summed E-state index contributed by atoms with van der Waals surface area (Å²) in [6.45, 7) is 0.395. The predicted molar refractivity (Wildman–Crippen MR) is 80.3 cm³/mol. The molecule has 2 atom stereocenters. The average Bonchev–Trinajstić information content (AvgIpc) is 2.45. The van der Waals surface area contributed by atoms with E-state index >= 15 is 0 Å². The average molecular weight is 326 g/mol. The normalized spacial score (nSPS) is 22.1. The number of nitrogens with two attached hydrogens (primary N) is 1. The first-order valence-corrected chi connectivity index (χ1v) is 8.65. The standard InChI is InChI=1S/C13H18N4O4S/c1-22(20,21)16-13(19)9-5-7-17(10(8-9)12(14)18)11-4-2-3-6-15-11/h2-4,6,9-10H,5,7-8H2,1H3,(H2,14,18)(H,16,19). The van der Waals surface area contributed by atoms with Crippen LogP contribution in [0.4, 0.5) is 5.82 Å². The quantitative estimate of drug-likeness (QED) is 0.749. The lowest BCUT2D eigenvalue weighted by atomic mass is 9.90. The van der Waals surface area contributed by atoms with Gasteiger partial charge in [0.05, 0.1) is 6.26 Å². The first-order valence-electron chi connectivity index (χ1n) is 6.76. The molecular weight excluding hydrogens is 308 g/mol. The van der Waals surface area contributed by atoms with Crippen LogP contribution in [0.5, 0.6) is 0 Å². The number of hydrogen-bond acceptors (Lipinski definition) is 6. The van der Waals surface area contributed by atoms with Gasteiger partial charge in [0.25, 0.3) is 0 Å². The molecule has 22 heavy (non-hydrogen) atoms. The van der Waals surface area contributed by atoms with E-state index in [1.54, 1.807) is 29.3 Å². The lowest BCUT2D eigenvalue weighted by molar-refractivity contribution is -0.125. The topological polar surface area (TPSA) is 122 Å². The van der Waals surface area contributed by atoms with Gasteiger partial charge in [-0.2, -0.15) is 0 Å². The number of hydrogen-bond donors (Lipinski definition) is 2. The zero-order valence-corrected chi connectivity index (χ0v) is 12.9. The summed E-state index contributed by atoms with van der Waals surface area (Å²) in [4.78, 5) is 29.6. The maximum absolute atomic E-state index is 11.9. The number of sulfonamides is 1. The van der Waals surface area contributed by atoms with Crippen LogP contribution in [0.25, 0.3) is 0 Å². The van der Waals surface area contributed by atoms with Crippen molar-refractivity contribution in [3.8, 4) is 0 Å². The maximum Gasteiger partial charge on any atom is 0.240 e. The number of amides is 2. The molecule has 0 bridgehead atoms. The summed E-state index contributed by atoms with van der Waals surface area (Å²) < 4.78 is 24.2. The molecule has 0 saturated carbocycles. The monoisotopic (exact) mass is 326 g/mol. The highest BCUT2D eigenvalue weighted by Crippen LogP contribution is 2.27. The molecule has 2 heterocycles. The fourth-order valence-corrected chi connectivity index (χ4v) is 3.07. The van der Waals surface area contributed by atoms with Crippen LogP contribution < -0.4 is 15.4 Å². The summed E-state index contributed by atoms with van der Waals surface area (Å²) in [6, 6.07) is 4.61. The Morgan fingerprint density at radius 1 is 1.41 bits per heavy atom. The Balaban J connectivity index is 2.15. The van der Waals surface area contributed by atoms with Crippen molar-refractivity contribution in [2.75, 3.05) is 17.7 Å². The minimum atomic E-state index is -3.62. The van der Waals surface area contributed by atoms with E-state index in [4.69, 9.17) is 5.73 Å². The summed E-state index contributed by atoms with van der Waals surface area (Å²) in [7, 11) is -3.62. The number of anilines is 1. The van der Waals surface area contributed by atoms with Crippen LogP contribution in [-0.2, 0) is 19.6 Å². The van der Waals surface area contributed by atoms with Crippen molar-refractivity contribution in [2.24, 2.45) is 11.7 Å². The molecular formula is C13H18N4O4S. The third kappa shape index (κ3) is 3.94. The van der Waals surface area contributed by atoms with Gasteiger partial charge in [0.15, 0.2) is 0 Å². The fraction of sp³-hybridized carbons (Fsp3) is 0.462. The summed E-state index contributed by atoms with van der Waals surface area (Å²) in [5, 5.41) is 0. The van der Waals surface area contributed by atoms with E-state index in [0.29, 0.717) is 18.8 Å². The van der Waals surface area contributed by atoms with Gasteiger partial charge < -0.3 is 10.6 Å². The molecule has 3 N–H and O–H groups in total. The molecule has 1 aliphatic rings. The van der Waals surface area contributed by atoms with E-state index in [1.807, 2.05) is 4.72 Å². The second-order valence-electron chi connectivity index (χ2n) is 5.26. The van der Waals surface area contributed by atoms with Gasteiger partial charge in [-0.3, -0.25) is 14.3 Å². The van der Waals surface area contributed by atoms with Gasteiger partial charge in [0.1, 0.15) is 11.9 Å². The minimum Gasteiger partial charge on any atom is -0.368 e. The van der Waals surface area contributed by atoms with E-state index in [2.05, 4.69) is 4.98 Å². The number of pyridine rings is 1. The van der Waals surface area contributed by atoms with E-state index in [1.165, 1.54) is 0 Å². The zero-order chi connectivity index (χ0) is 16.3. The molecule has 2 unspecified atom stereocenters. The Morgan fingerprint density at radius 2 is 2.14 bits per heavy atom. The first kappa shape index (κ1) is 16.2. The van der Waals surface area contributed by atoms with Gasteiger partial charge in [-0.15, -0.1) is 0 Å². The molecule has 120 valence electrons. The van der Waals surface area contributed by atoms with Gasteiger partial charge in [0.2, 0.25) is 21.8 Å². The number of carbonyl (C=O) groups is 2. The first-order chi connectivity index (χ1) is 10.3. The molecule has 9 heteroatoms. The van der Waals surface area contributed by atoms with Crippen LogP contribution in [-0.4, -0.2) is 44.1 Å². The van der Waals surface area contributed by atoms with Crippen molar-refractivity contribution in [3.63, 3.8) is 0 Å². The van der Waals surface area contributed by atoms with Crippen molar-refractivity contribution < 1.29 is 18.0 Å². The van der Waals surface area contributed by atoms with Gasteiger partial charge in [-0.1, -0.05) is 6.07 Å². The molecule has 1 aromatic heterocycles. The van der Waals surface area contributed by atoms with Crippen molar-refractivity contribution in [3.05, 3.63) is 24.4 Å². The highest BCUT2D eigenvalue weighted by molar-refractivity contribution is 7.89. The Morgan fingerprint density at radius 3 is 2.68 bits per heavy atom. The van der Waals surface area contributed by atoms with Gasteiger partial charge in [-0.05, 0) is 25.0 Å². The number of primary amides is 1. The molecule has 1 fully saturated rings. The Hall–Kier alpha value is -2.16. The smallest absolute Gasteiger partial charge is 0.240 e. The SMILES string of the molecule is CS(=O)(=O)NC(=O)C1CCN(c2ccccn2)C(C(N)=O)C1. The Labute approximate surface area is 128 Å². The second-order valence-corrected chi connectivity index (χ2v) is 7.01. The van der Waals surface area contributed by atoms with Gasteiger partial charge >= 0.3 is 0 Å². The summed E-state index contributed by atoms with van der Waals surface area (Å²) in [6.07, 6.45) is 3.10. The van der Waals surface area contributed by atoms with Crippen molar-refractivity contribution in [2.45, 2.75) is 18.9 Å². The van der Waals surface area contributed by atoms with Crippen LogP contribution in [0.15, 0.2) is 24.4 Å². The Bertz CT molecular complexity index is 662. The second kappa shape index (κ2) is 6.30. The van der Waals surface area contributed by atoms with Crippen LogP contribution in [0.1, 0.15) is 12.8 Å². The molecule has 8 nitrogen and oxygen atoms in total. The van der Waals surface area contributed by atoms with Crippen LogP contribution in [0.3, 0.4) is 0 Å². The third-order valence-corrected chi connectivity index (χ3v) is 4.10. The number of aromatic nitrogens is 1.